The molecule has 0 aromatic heterocycles. The van der Waals surface area contributed by atoms with Crippen molar-refractivity contribution in [3.05, 3.63) is 63.6 Å². The van der Waals surface area contributed by atoms with Crippen LogP contribution in [0, 0.1) is 23.3 Å². The maximum absolute atomic E-state index is 13.5. The van der Waals surface area contributed by atoms with Crippen molar-refractivity contribution >= 4 is 39.4 Å². The summed E-state index contributed by atoms with van der Waals surface area (Å²) in [5.74, 6) is -8.23. The summed E-state index contributed by atoms with van der Waals surface area (Å²) in [7, 11) is 0. The molecule has 0 saturated carbocycles. The molecule has 29 heavy (non-hydrogen) atoms. The lowest BCUT2D eigenvalue weighted by Gasteiger charge is -2.14. The van der Waals surface area contributed by atoms with E-state index in [-0.39, 0.29) is 10.0 Å². The molecule has 11 heteroatoms. The molecule has 0 aliphatic carbocycles. The van der Waals surface area contributed by atoms with Gasteiger partial charge in [-0.05, 0) is 53.2 Å². The average molecular weight is 477 g/mol. The first-order chi connectivity index (χ1) is 13.6. The lowest BCUT2D eigenvalue weighted by atomic mass is 10.2. The number of ether oxygens (including phenoxy) is 1. The van der Waals surface area contributed by atoms with Crippen LogP contribution in [0.25, 0.3) is 0 Å². The van der Waals surface area contributed by atoms with E-state index in [1.807, 2.05) is 5.32 Å². The molecule has 0 spiro atoms. The van der Waals surface area contributed by atoms with Gasteiger partial charge in [-0.2, -0.15) is 0 Å². The second kappa shape index (κ2) is 9.50. The first-order valence-corrected chi connectivity index (χ1v) is 8.76. The summed E-state index contributed by atoms with van der Waals surface area (Å²) in [6.07, 6.45) is -1.34. The third-order valence-corrected chi connectivity index (χ3v) is 4.23. The Morgan fingerprint density at radius 3 is 2.45 bits per heavy atom. The maximum Gasteiger partial charge on any atom is 0.340 e. The summed E-state index contributed by atoms with van der Waals surface area (Å²) < 4.78 is 57.9. The molecule has 0 aliphatic rings. The molecule has 2 aromatic carbocycles. The van der Waals surface area contributed by atoms with Crippen LogP contribution in [0.4, 0.5) is 23.2 Å². The van der Waals surface area contributed by atoms with Gasteiger partial charge in [0.15, 0.2) is 23.6 Å². The fourth-order valence-corrected chi connectivity index (χ4v) is 2.47. The molecule has 2 N–H and O–H groups in total. The molecule has 0 fully saturated rings. The molecule has 1 unspecified atom stereocenters. The van der Waals surface area contributed by atoms with E-state index in [2.05, 4.69) is 21.2 Å². The van der Waals surface area contributed by atoms with E-state index < -0.39 is 59.4 Å². The third-order valence-electron chi connectivity index (χ3n) is 3.53. The van der Waals surface area contributed by atoms with Crippen LogP contribution in [0.5, 0.6) is 0 Å². The Morgan fingerprint density at radius 2 is 1.76 bits per heavy atom. The van der Waals surface area contributed by atoms with Crippen molar-refractivity contribution in [1.29, 1.82) is 0 Å². The Morgan fingerprint density at radius 1 is 1.07 bits per heavy atom. The van der Waals surface area contributed by atoms with Crippen molar-refractivity contribution < 1.29 is 36.7 Å². The normalized spacial score (nSPS) is 11.5. The number of hydrogen-bond donors (Lipinski definition) is 2. The van der Waals surface area contributed by atoms with Gasteiger partial charge in [0.2, 0.25) is 5.91 Å². The molecule has 0 bridgehead atoms. The number of rotatable bonds is 6. The average Bonchev–Trinajstić information content (AvgIpc) is 2.68. The highest BCUT2D eigenvalue weighted by Gasteiger charge is 2.22. The minimum Gasteiger partial charge on any atom is -0.449 e. The molecule has 154 valence electrons. The van der Waals surface area contributed by atoms with Gasteiger partial charge < -0.3 is 15.4 Å². The Hall–Kier alpha value is -2.95. The summed E-state index contributed by atoms with van der Waals surface area (Å²) in [5.41, 5.74) is -0.755. The van der Waals surface area contributed by atoms with Gasteiger partial charge in [0.1, 0.15) is 5.82 Å². The van der Waals surface area contributed by atoms with E-state index in [0.29, 0.717) is 6.07 Å². The van der Waals surface area contributed by atoms with Crippen molar-refractivity contribution in [2.24, 2.45) is 0 Å². The van der Waals surface area contributed by atoms with Gasteiger partial charge in [0, 0.05) is 4.47 Å². The van der Waals surface area contributed by atoms with Gasteiger partial charge in [-0.15, -0.1) is 0 Å². The molecular formula is C18H13BrF4N2O4. The number of anilines is 1. The Bertz CT molecular complexity index is 971. The van der Waals surface area contributed by atoms with Crippen LogP contribution < -0.4 is 10.6 Å². The van der Waals surface area contributed by atoms with Crippen LogP contribution in [-0.4, -0.2) is 30.4 Å². The zero-order valence-electron chi connectivity index (χ0n) is 14.7. The SMILES string of the molecule is CC(OC(=O)c1cc(F)ccc1Br)C(=O)NCC(=O)Nc1ccc(F)c(F)c1F. The van der Waals surface area contributed by atoms with Gasteiger partial charge in [0.25, 0.3) is 5.91 Å². The van der Waals surface area contributed by atoms with Gasteiger partial charge in [-0.1, -0.05) is 0 Å². The maximum atomic E-state index is 13.5. The molecular weight excluding hydrogens is 464 g/mol. The first kappa shape index (κ1) is 22.3. The summed E-state index contributed by atoms with van der Waals surface area (Å²) >= 11 is 3.05. The van der Waals surface area contributed by atoms with E-state index in [9.17, 15) is 31.9 Å². The van der Waals surface area contributed by atoms with Crippen LogP contribution in [0.3, 0.4) is 0 Å². The smallest absolute Gasteiger partial charge is 0.340 e. The van der Waals surface area contributed by atoms with Gasteiger partial charge in [-0.25, -0.2) is 22.4 Å². The number of nitrogens with one attached hydrogen (secondary N) is 2. The van der Waals surface area contributed by atoms with Gasteiger partial charge >= 0.3 is 5.97 Å². The number of amides is 2. The quantitative estimate of drug-likeness (QED) is 0.380. The molecule has 1 atom stereocenters. The molecule has 2 amide bonds. The highest BCUT2D eigenvalue weighted by atomic mass is 79.9. The van der Waals surface area contributed by atoms with E-state index in [4.69, 9.17) is 4.74 Å². The zero-order chi connectivity index (χ0) is 21.7. The zero-order valence-corrected chi connectivity index (χ0v) is 16.3. The van der Waals surface area contributed by atoms with Crippen LogP contribution in [-0.2, 0) is 14.3 Å². The highest BCUT2D eigenvalue weighted by Crippen LogP contribution is 2.20. The van der Waals surface area contributed by atoms with Gasteiger partial charge in [0.05, 0.1) is 17.8 Å². The van der Waals surface area contributed by atoms with Crippen LogP contribution in [0.1, 0.15) is 17.3 Å². The second-order valence-electron chi connectivity index (χ2n) is 5.66. The minimum atomic E-state index is -1.75. The van der Waals surface area contributed by atoms with Crippen molar-refractivity contribution in [1.82, 2.24) is 5.32 Å². The lowest BCUT2D eigenvalue weighted by molar-refractivity contribution is -0.130. The molecule has 2 rings (SSSR count). The fourth-order valence-electron chi connectivity index (χ4n) is 2.06. The Balaban J connectivity index is 1.89. The number of hydrogen-bond acceptors (Lipinski definition) is 4. The third kappa shape index (κ3) is 5.76. The standard InChI is InChI=1S/C18H13BrF4N2O4/c1-8(29-18(28)10-6-9(20)2-3-11(10)19)17(27)24-7-14(26)25-13-5-4-12(21)15(22)16(13)23/h2-6,8H,7H2,1H3,(H,24,27)(H,25,26). The molecule has 0 heterocycles. The molecule has 0 saturated heterocycles. The summed E-state index contributed by atoms with van der Waals surface area (Å²) in [6.45, 7) is 0.552. The van der Waals surface area contributed by atoms with E-state index in [1.54, 1.807) is 0 Å². The van der Waals surface area contributed by atoms with Crippen molar-refractivity contribution in [2.75, 3.05) is 11.9 Å². The van der Waals surface area contributed by atoms with Crippen LogP contribution in [0.15, 0.2) is 34.8 Å². The van der Waals surface area contributed by atoms with Crippen LogP contribution >= 0.6 is 15.9 Å². The predicted molar refractivity (Wildman–Crippen MR) is 96.9 cm³/mol. The fraction of sp³-hybridized carbons (Fsp3) is 0.167. The number of esters is 1. The number of halogens is 5. The van der Waals surface area contributed by atoms with Crippen molar-refractivity contribution in [2.45, 2.75) is 13.0 Å². The first-order valence-electron chi connectivity index (χ1n) is 7.97. The monoisotopic (exact) mass is 476 g/mol. The minimum absolute atomic E-state index is 0.142. The van der Waals surface area contributed by atoms with E-state index >= 15 is 0 Å². The molecule has 6 nitrogen and oxygen atoms in total. The van der Waals surface area contributed by atoms with Gasteiger partial charge in [-0.3, -0.25) is 9.59 Å². The van der Waals surface area contributed by atoms with Crippen LogP contribution in [0.2, 0.25) is 0 Å². The van der Waals surface area contributed by atoms with E-state index in [0.717, 1.165) is 18.2 Å². The lowest BCUT2D eigenvalue weighted by Crippen LogP contribution is -2.40. The van der Waals surface area contributed by atoms with Crippen molar-refractivity contribution in [3.8, 4) is 0 Å². The van der Waals surface area contributed by atoms with Crippen molar-refractivity contribution in [3.63, 3.8) is 0 Å². The predicted octanol–water partition coefficient (Wildman–Crippen LogP) is 3.31. The van der Waals surface area contributed by atoms with E-state index in [1.165, 1.54) is 13.0 Å². The number of carbonyl (C=O) groups excluding carboxylic acids is 3. The molecule has 0 aliphatic heterocycles. The molecule has 2 aromatic rings. The topological polar surface area (TPSA) is 84.5 Å². The Kier molecular flexibility index (Phi) is 7.32. The second-order valence-corrected chi connectivity index (χ2v) is 6.51. The summed E-state index contributed by atoms with van der Waals surface area (Å²) in [6, 6.07) is 4.76. The summed E-state index contributed by atoms with van der Waals surface area (Å²) in [4.78, 5) is 35.7. The largest absolute Gasteiger partial charge is 0.449 e. The Labute approximate surface area is 170 Å². The number of benzene rings is 2. The molecule has 0 radical (unpaired) electrons. The summed E-state index contributed by atoms with van der Waals surface area (Å²) in [5, 5.41) is 4.09. The number of carbonyl (C=O) groups is 3. The highest BCUT2D eigenvalue weighted by molar-refractivity contribution is 9.10.